The van der Waals surface area contributed by atoms with Gasteiger partial charge in [0.1, 0.15) is 0 Å². The van der Waals surface area contributed by atoms with Crippen molar-refractivity contribution in [3.63, 3.8) is 0 Å². The van der Waals surface area contributed by atoms with Crippen LogP contribution in [0.3, 0.4) is 0 Å². The zero-order valence-electron chi connectivity index (χ0n) is 15.1. The van der Waals surface area contributed by atoms with Gasteiger partial charge in [-0.25, -0.2) is 0 Å². The molecule has 0 unspecified atom stereocenters. The minimum atomic E-state index is -0.297. The Labute approximate surface area is 159 Å². The molecule has 4 aromatic rings. The Hall–Kier alpha value is -3.33. The molecule has 3 aromatic carbocycles. The van der Waals surface area contributed by atoms with Crippen molar-refractivity contribution >= 4 is 16.8 Å². The highest BCUT2D eigenvalue weighted by atomic mass is 16.1. The van der Waals surface area contributed by atoms with Crippen LogP contribution in [-0.2, 0) is 11.3 Å². The molecule has 0 saturated heterocycles. The van der Waals surface area contributed by atoms with Crippen LogP contribution >= 0.6 is 0 Å². The molecule has 0 spiro atoms. The molecular formula is C24H22N2O. The smallest absolute Gasteiger partial charge is 0.232 e. The highest BCUT2D eigenvalue weighted by molar-refractivity contribution is 5.87. The maximum atomic E-state index is 13.0. The normalized spacial score (nSPS) is 11.0. The molecule has 0 bridgehead atoms. The Kier molecular flexibility index (Phi) is 5.01. The van der Waals surface area contributed by atoms with Gasteiger partial charge in [-0.15, -0.1) is 0 Å². The van der Waals surface area contributed by atoms with Crippen molar-refractivity contribution in [3.8, 4) is 0 Å². The Morgan fingerprint density at radius 2 is 1.37 bits per heavy atom. The molecule has 134 valence electrons. The Bertz CT molecular complexity index is 982. The van der Waals surface area contributed by atoms with Gasteiger partial charge in [0, 0.05) is 24.8 Å². The maximum Gasteiger partial charge on any atom is 0.232 e. The second-order valence-corrected chi connectivity index (χ2v) is 6.61. The summed E-state index contributed by atoms with van der Waals surface area (Å²) in [5, 5.41) is 4.34. The Balaban J connectivity index is 1.49. The van der Waals surface area contributed by atoms with Crippen molar-refractivity contribution in [2.45, 2.75) is 12.5 Å². The van der Waals surface area contributed by atoms with E-state index >= 15 is 0 Å². The van der Waals surface area contributed by atoms with Crippen molar-refractivity contribution in [2.24, 2.45) is 0 Å². The largest absolute Gasteiger partial charge is 0.353 e. The lowest BCUT2D eigenvalue weighted by molar-refractivity contribution is -0.121. The van der Waals surface area contributed by atoms with Crippen LogP contribution in [-0.4, -0.2) is 17.0 Å². The summed E-state index contributed by atoms with van der Waals surface area (Å²) in [6.07, 6.45) is 2.07. The summed E-state index contributed by atoms with van der Waals surface area (Å²) in [5.74, 6) is -0.266. The van der Waals surface area contributed by atoms with Gasteiger partial charge in [-0.1, -0.05) is 78.9 Å². The number of amides is 1. The lowest BCUT2D eigenvalue weighted by Gasteiger charge is -2.18. The van der Waals surface area contributed by atoms with Crippen molar-refractivity contribution in [1.82, 2.24) is 9.88 Å². The van der Waals surface area contributed by atoms with Crippen LogP contribution in [0, 0.1) is 0 Å². The predicted molar refractivity (Wildman–Crippen MR) is 110 cm³/mol. The van der Waals surface area contributed by atoms with Gasteiger partial charge in [0.25, 0.3) is 0 Å². The quantitative estimate of drug-likeness (QED) is 0.540. The number of carbonyl (C=O) groups is 1. The van der Waals surface area contributed by atoms with Crippen molar-refractivity contribution < 1.29 is 4.79 Å². The molecule has 0 fully saturated rings. The molecule has 0 atom stereocenters. The highest BCUT2D eigenvalue weighted by Gasteiger charge is 2.22. The first kappa shape index (κ1) is 17.1. The van der Waals surface area contributed by atoms with E-state index in [2.05, 4.69) is 34.3 Å². The van der Waals surface area contributed by atoms with Gasteiger partial charge in [0.05, 0.1) is 5.92 Å². The first-order valence-corrected chi connectivity index (χ1v) is 9.24. The molecule has 1 N–H and O–H groups in total. The van der Waals surface area contributed by atoms with Crippen molar-refractivity contribution in [3.05, 3.63) is 108 Å². The molecule has 0 aliphatic heterocycles. The second-order valence-electron chi connectivity index (χ2n) is 6.61. The van der Waals surface area contributed by atoms with Crippen LogP contribution in [0.5, 0.6) is 0 Å². The molecule has 1 heterocycles. The van der Waals surface area contributed by atoms with Gasteiger partial charge in [-0.2, -0.15) is 0 Å². The maximum absolute atomic E-state index is 13.0. The van der Waals surface area contributed by atoms with E-state index in [9.17, 15) is 4.79 Å². The first-order valence-electron chi connectivity index (χ1n) is 9.24. The second kappa shape index (κ2) is 7.92. The van der Waals surface area contributed by atoms with E-state index in [1.54, 1.807) is 0 Å². The van der Waals surface area contributed by atoms with Crippen molar-refractivity contribution in [1.29, 1.82) is 0 Å². The molecule has 1 amide bonds. The van der Waals surface area contributed by atoms with E-state index in [-0.39, 0.29) is 11.8 Å². The number of rotatable bonds is 6. The summed E-state index contributed by atoms with van der Waals surface area (Å²) in [5.41, 5.74) is 3.20. The molecule has 4 rings (SSSR count). The van der Waals surface area contributed by atoms with Crippen LogP contribution in [0.4, 0.5) is 0 Å². The van der Waals surface area contributed by atoms with Gasteiger partial charge < -0.3 is 9.88 Å². The third kappa shape index (κ3) is 3.77. The van der Waals surface area contributed by atoms with E-state index in [0.29, 0.717) is 6.54 Å². The van der Waals surface area contributed by atoms with Gasteiger partial charge >= 0.3 is 0 Å². The number of fused-ring (bicyclic) bond motifs is 1. The molecular weight excluding hydrogens is 332 g/mol. The molecule has 3 nitrogen and oxygen atoms in total. The van der Waals surface area contributed by atoms with Crippen LogP contribution < -0.4 is 5.32 Å². The minimum absolute atomic E-state index is 0.0314. The fourth-order valence-electron chi connectivity index (χ4n) is 3.52. The van der Waals surface area contributed by atoms with Gasteiger partial charge in [-0.05, 0) is 28.6 Å². The highest BCUT2D eigenvalue weighted by Crippen LogP contribution is 2.24. The molecule has 0 saturated carbocycles. The van der Waals surface area contributed by atoms with E-state index in [1.807, 2.05) is 72.8 Å². The summed E-state index contributed by atoms with van der Waals surface area (Å²) in [4.78, 5) is 13.0. The van der Waals surface area contributed by atoms with Gasteiger partial charge in [-0.3, -0.25) is 4.79 Å². The number of nitrogens with one attached hydrogen (secondary N) is 1. The Morgan fingerprint density at radius 3 is 2.04 bits per heavy atom. The SMILES string of the molecule is O=C(NCCn1ccc2ccccc21)C(c1ccccc1)c1ccccc1. The molecule has 1 aromatic heterocycles. The molecule has 3 heteroatoms. The van der Waals surface area contributed by atoms with E-state index in [0.717, 1.165) is 17.7 Å². The fraction of sp³-hybridized carbons (Fsp3) is 0.125. The minimum Gasteiger partial charge on any atom is -0.353 e. The zero-order chi connectivity index (χ0) is 18.5. The topological polar surface area (TPSA) is 34.0 Å². The summed E-state index contributed by atoms with van der Waals surface area (Å²) >= 11 is 0. The summed E-state index contributed by atoms with van der Waals surface area (Å²) in [6, 6.07) is 30.3. The monoisotopic (exact) mass is 354 g/mol. The van der Waals surface area contributed by atoms with Gasteiger partial charge in [0.15, 0.2) is 0 Å². The number of carbonyl (C=O) groups excluding carboxylic acids is 1. The standard InChI is InChI=1S/C24H22N2O/c27-24(25-16-18-26-17-15-19-9-7-8-14-22(19)26)23(20-10-3-1-4-11-20)21-12-5-2-6-13-21/h1-15,17,23H,16,18H2,(H,25,27). The number of nitrogens with zero attached hydrogens (tertiary/aromatic N) is 1. The number of benzene rings is 3. The molecule has 0 radical (unpaired) electrons. The van der Waals surface area contributed by atoms with Crippen LogP contribution in [0.2, 0.25) is 0 Å². The summed E-state index contributed by atoms with van der Waals surface area (Å²) < 4.78 is 2.18. The summed E-state index contributed by atoms with van der Waals surface area (Å²) in [6.45, 7) is 1.34. The van der Waals surface area contributed by atoms with Crippen LogP contribution in [0.15, 0.2) is 97.2 Å². The fourth-order valence-corrected chi connectivity index (χ4v) is 3.52. The summed E-state index contributed by atoms with van der Waals surface area (Å²) in [7, 11) is 0. The van der Waals surface area contributed by atoms with E-state index < -0.39 is 0 Å². The molecule has 0 aliphatic rings. The molecule has 0 aliphatic carbocycles. The predicted octanol–water partition coefficient (Wildman–Crippen LogP) is 4.59. The lowest BCUT2D eigenvalue weighted by Crippen LogP contribution is -2.32. The van der Waals surface area contributed by atoms with E-state index in [1.165, 1.54) is 10.9 Å². The zero-order valence-corrected chi connectivity index (χ0v) is 15.1. The number of para-hydroxylation sites is 1. The first-order chi connectivity index (χ1) is 13.3. The lowest BCUT2D eigenvalue weighted by atomic mass is 9.90. The third-order valence-electron chi connectivity index (χ3n) is 4.86. The number of aromatic nitrogens is 1. The number of hydrogen-bond acceptors (Lipinski definition) is 1. The third-order valence-corrected chi connectivity index (χ3v) is 4.86. The molecule has 27 heavy (non-hydrogen) atoms. The van der Waals surface area contributed by atoms with E-state index in [4.69, 9.17) is 0 Å². The number of hydrogen-bond donors (Lipinski definition) is 1. The van der Waals surface area contributed by atoms with Crippen LogP contribution in [0.25, 0.3) is 10.9 Å². The Morgan fingerprint density at radius 1 is 0.778 bits per heavy atom. The van der Waals surface area contributed by atoms with Crippen LogP contribution in [0.1, 0.15) is 17.0 Å². The average molecular weight is 354 g/mol. The van der Waals surface area contributed by atoms with Gasteiger partial charge in [0.2, 0.25) is 5.91 Å². The van der Waals surface area contributed by atoms with Crippen molar-refractivity contribution in [2.75, 3.05) is 6.54 Å². The average Bonchev–Trinajstić information content (AvgIpc) is 3.13.